The van der Waals surface area contributed by atoms with E-state index in [-0.39, 0.29) is 13.2 Å². The third kappa shape index (κ3) is 18.2. The minimum absolute atomic E-state index is 0.0654. The van der Waals surface area contributed by atoms with Crippen molar-refractivity contribution < 1.29 is 5.11 Å². The average molecular weight is 109 g/mol. The first-order valence-corrected chi connectivity index (χ1v) is 1.87. The minimum atomic E-state index is -0.0654. The third-order valence-corrected chi connectivity index (χ3v) is 0.263. The molecule has 4 radical (unpaired) electrons. The number of aliphatic hydroxyl groups is 1. The Morgan fingerprint density at radius 3 is 2.25 bits per heavy atom. The van der Waals surface area contributed by atoms with E-state index in [1.165, 1.54) is 0 Å². The fourth-order valence-electron chi connectivity index (χ4n) is 0.0894. The van der Waals surface area contributed by atoms with Gasteiger partial charge in [-0.15, -0.1) is 0 Å². The van der Waals surface area contributed by atoms with Gasteiger partial charge in [0.2, 0.25) is 0 Å². The van der Waals surface area contributed by atoms with Gasteiger partial charge >= 0.3 is 0 Å². The summed E-state index contributed by atoms with van der Waals surface area (Å²) < 4.78 is 0. The van der Waals surface area contributed by atoms with Crippen LogP contribution in [0.1, 0.15) is 0 Å². The zero-order valence-electron chi connectivity index (χ0n) is 4.36. The second kappa shape index (κ2) is 16.1. The van der Waals surface area contributed by atoms with Gasteiger partial charge in [0.1, 0.15) is 0 Å². The van der Waals surface area contributed by atoms with E-state index < -0.39 is 0 Å². The first kappa shape index (κ1) is 10.4. The van der Waals surface area contributed by atoms with E-state index in [0.717, 1.165) is 0 Å². The maximum Gasteiger partial charge on any atom is 0.0490 e. The van der Waals surface area contributed by atoms with E-state index in [1.807, 2.05) is 0 Å². The van der Waals surface area contributed by atoms with Gasteiger partial charge in [-0.3, -0.25) is 0 Å². The van der Waals surface area contributed by atoms with Crippen LogP contribution in [-0.2, 0) is 0 Å². The summed E-state index contributed by atoms with van der Waals surface area (Å²) in [4.78, 5) is 2.39. The lowest BCUT2D eigenvalue weighted by Crippen LogP contribution is -1.82. The molecule has 8 heavy (non-hydrogen) atoms. The number of hydrogen-bond acceptors (Lipinski definition) is 2. The Hall–Kier alpha value is -0.600. The molecule has 0 saturated carbocycles. The molecule has 0 spiro atoms. The number of hydrogen-bond donors (Lipinski definition) is 1. The van der Waals surface area contributed by atoms with Crippen molar-refractivity contribution in [1.29, 1.82) is 0 Å². The fourth-order valence-corrected chi connectivity index (χ4v) is 0.0894. The van der Waals surface area contributed by atoms with Crippen LogP contribution in [-0.4, -0.2) is 33.7 Å². The average Bonchev–Trinajstić information content (AvgIpc) is 1.88. The summed E-state index contributed by atoms with van der Waals surface area (Å²) in [5, 5.41) is 11.0. The van der Waals surface area contributed by atoms with Crippen LogP contribution in [0.2, 0.25) is 0 Å². The van der Waals surface area contributed by atoms with Crippen molar-refractivity contribution in [3.63, 3.8) is 0 Å². The SMILES string of the molecule is [B][B].[N-]=[N+]=NCCO. The molecule has 0 heterocycles. The lowest BCUT2D eigenvalue weighted by Gasteiger charge is -1.72. The molecule has 40 valence electrons. The highest BCUT2D eigenvalue weighted by Crippen LogP contribution is 1.63. The Bertz CT molecular complexity index is 71.7. The zero-order chi connectivity index (χ0) is 6.83. The third-order valence-electron chi connectivity index (χ3n) is 0.263. The van der Waals surface area contributed by atoms with Gasteiger partial charge in [0, 0.05) is 33.5 Å². The predicted octanol–water partition coefficient (Wildman–Crippen LogP) is -0.473. The molecule has 0 aromatic rings. The van der Waals surface area contributed by atoms with E-state index in [2.05, 4.69) is 25.5 Å². The highest BCUT2D eigenvalue weighted by Gasteiger charge is 1.66. The molecule has 0 aromatic heterocycles. The summed E-state index contributed by atoms with van der Waals surface area (Å²) in [7, 11) is 8.00. The van der Waals surface area contributed by atoms with Gasteiger partial charge in [0.05, 0.1) is 0 Å². The summed E-state index contributed by atoms with van der Waals surface area (Å²) in [6.45, 7) is 0.112. The summed E-state index contributed by atoms with van der Waals surface area (Å²) in [5.41, 5.74) is 7.54. The van der Waals surface area contributed by atoms with E-state index in [0.29, 0.717) is 0 Å². The molecule has 0 aliphatic heterocycles. The Labute approximate surface area is 50.3 Å². The van der Waals surface area contributed by atoms with E-state index >= 15 is 0 Å². The molecular formula is C2H5B2N3O. The van der Waals surface area contributed by atoms with Crippen molar-refractivity contribution in [1.82, 2.24) is 0 Å². The second-order valence-electron chi connectivity index (χ2n) is 0.678. The number of rotatable bonds is 2. The molecule has 0 aliphatic rings. The molecular weight excluding hydrogens is 104 g/mol. The van der Waals surface area contributed by atoms with E-state index in [4.69, 9.17) is 10.6 Å². The van der Waals surface area contributed by atoms with Gasteiger partial charge in [-0.1, -0.05) is 5.11 Å². The number of nitrogens with zero attached hydrogens (tertiary/aromatic N) is 3. The standard InChI is InChI=1S/C2H5N3O.B2/c3-5-4-1-2-6;1-2/h6H,1-2H2;. The first-order chi connectivity index (χ1) is 3.91. The Kier molecular flexibility index (Phi) is 21.0. The monoisotopic (exact) mass is 109 g/mol. The molecule has 0 aromatic carbocycles. The number of azide groups is 1. The molecule has 0 saturated heterocycles. The van der Waals surface area contributed by atoms with Gasteiger partial charge in [-0.25, -0.2) is 0 Å². The molecule has 0 rings (SSSR count). The topological polar surface area (TPSA) is 69.0 Å². The highest BCUT2D eigenvalue weighted by molar-refractivity contribution is 6.75. The maximum absolute atomic E-state index is 7.93. The highest BCUT2D eigenvalue weighted by atomic mass is 16.3. The second-order valence-corrected chi connectivity index (χ2v) is 0.678. The van der Waals surface area contributed by atoms with Crippen LogP contribution < -0.4 is 0 Å². The van der Waals surface area contributed by atoms with Gasteiger partial charge in [0.25, 0.3) is 0 Å². The largest absolute Gasteiger partial charge is 0.396 e. The van der Waals surface area contributed by atoms with E-state index in [9.17, 15) is 0 Å². The van der Waals surface area contributed by atoms with E-state index in [1.54, 1.807) is 0 Å². The van der Waals surface area contributed by atoms with Gasteiger partial charge in [0.15, 0.2) is 0 Å². The molecule has 0 aliphatic carbocycles. The molecule has 0 bridgehead atoms. The van der Waals surface area contributed by atoms with Crippen LogP contribution in [0.15, 0.2) is 5.11 Å². The Balaban J connectivity index is 0. The summed E-state index contributed by atoms with van der Waals surface area (Å²) in [6.07, 6.45) is 0. The zero-order valence-corrected chi connectivity index (χ0v) is 4.36. The normalized spacial score (nSPS) is 5.62. The van der Waals surface area contributed by atoms with Crippen molar-refractivity contribution in [3.05, 3.63) is 10.4 Å². The fraction of sp³-hybridized carbons (Fsp3) is 1.00. The van der Waals surface area contributed by atoms with Gasteiger partial charge in [-0.05, 0) is 5.53 Å². The summed E-state index contributed by atoms with van der Waals surface area (Å²) in [5.74, 6) is 0. The van der Waals surface area contributed by atoms with Crippen molar-refractivity contribution in [3.8, 4) is 0 Å². The van der Waals surface area contributed by atoms with Crippen LogP contribution in [0.5, 0.6) is 0 Å². The molecule has 0 amide bonds. The Morgan fingerprint density at radius 2 is 2.12 bits per heavy atom. The molecule has 4 nitrogen and oxygen atoms in total. The molecule has 0 unspecified atom stereocenters. The van der Waals surface area contributed by atoms with Crippen molar-refractivity contribution in [2.45, 2.75) is 0 Å². The first-order valence-electron chi connectivity index (χ1n) is 1.87. The minimum Gasteiger partial charge on any atom is -0.396 e. The quantitative estimate of drug-likeness (QED) is 0.221. The Morgan fingerprint density at radius 1 is 1.62 bits per heavy atom. The van der Waals surface area contributed by atoms with Gasteiger partial charge in [-0.2, -0.15) is 0 Å². The smallest absolute Gasteiger partial charge is 0.0490 e. The molecule has 1 N–H and O–H groups in total. The summed E-state index contributed by atoms with van der Waals surface area (Å²) in [6, 6.07) is 0. The molecule has 0 fully saturated rings. The van der Waals surface area contributed by atoms with Crippen LogP contribution in [0.4, 0.5) is 0 Å². The molecule has 6 heteroatoms. The van der Waals surface area contributed by atoms with Gasteiger partial charge < -0.3 is 5.11 Å². The van der Waals surface area contributed by atoms with Crippen LogP contribution >= 0.6 is 0 Å². The van der Waals surface area contributed by atoms with Crippen LogP contribution in [0, 0.1) is 0 Å². The lowest BCUT2D eigenvalue weighted by atomic mass is 9.81. The summed E-state index contributed by atoms with van der Waals surface area (Å²) >= 11 is 0. The van der Waals surface area contributed by atoms with Crippen molar-refractivity contribution >= 4 is 15.5 Å². The molecule has 0 atom stereocenters. The van der Waals surface area contributed by atoms with Crippen LogP contribution in [0.25, 0.3) is 10.4 Å². The number of aliphatic hydroxyl groups excluding tert-OH is 1. The maximum atomic E-state index is 7.93. The van der Waals surface area contributed by atoms with Crippen LogP contribution in [0.3, 0.4) is 0 Å². The predicted molar refractivity (Wildman–Crippen MR) is 32.6 cm³/mol. The van der Waals surface area contributed by atoms with Crippen molar-refractivity contribution in [2.75, 3.05) is 13.2 Å². The van der Waals surface area contributed by atoms with Crippen molar-refractivity contribution in [2.24, 2.45) is 5.11 Å². The lowest BCUT2D eigenvalue weighted by molar-refractivity contribution is 0.306.